The van der Waals surface area contributed by atoms with Crippen LogP contribution in [-0.4, -0.2) is 57.6 Å². The van der Waals surface area contributed by atoms with Crippen molar-refractivity contribution in [3.8, 4) is 5.75 Å². The van der Waals surface area contributed by atoms with Crippen LogP contribution in [0.15, 0.2) is 41.3 Å². The quantitative estimate of drug-likeness (QED) is 0.297. The summed E-state index contributed by atoms with van der Waals surface area (Å²) in [5.74, 6) is -1.68. The van der Waals surface area contributed by atoms with Gasteiger partial charge in [-0.25, -0.2) is 9.18 Å². The van der Waals surface area contributed by atoms with Crippen molar-refractivity contribution in [1.82, 2.24) is 20.2 Å². The number of halogens is 1. The van der Waals surface area contributed by atoms with E-state index in [9.17, 15) is 23.9 Å². The number of amides is 2. The van der Waals surface area contributed by atoms with Crippen molar-refractivity contribution in [2.24, 2.45) is 0 Å². The Bertz CT molecular complexity index is 1290. The molecular formula is C25H29FN4O6. The van der Waals surface area contributed by atoms with Gasteiger partial charge in [0, 0.05) is 32.4 Å². The highest BCUT2D eigenvalue weighted by atomic mass is 19.1. The fraction of sp³-hybridized carbons (Fsp3) is 0.360. The number of carbonyl (C=O) groups is 2. The summed E-state index contributed by atoms with van der Waals surface area (Å²) in [6, 6.07) is 7.56. The van der Waals surface area contributed by atoms with Gasteiger partial charge in [0.25, 0.3) is 11.5 Å². The van der Waals surface area contributed by atoms with Crippen LogP contribution in [0.1, 0.15) is 41.8 Å². The lowest BCUT2D eigenvalue weighted by molar-refractivity contribution is 0.0756. The number of pyridine rings is 2. The number of fused-ring (bicyclic) bond motifs is 1. The summed E-state index contributed by atoms with van der Waals surface area (Å²) < 4.78 is 19.9. The van der Waals surface area contributed by atoms with E-state index < -0.39 is 28.9 Å². The van der Waals surface area contributed by atoms with Gasteiger partial charge in [0.05, 0.1) is 11.6 Å². The summed E-state index contributed by atoms with van der Waals surface area (Å²) in [6.45, 7) is 4.24. The molecule has 1 aromatic carbocycles. The van der Waals surface area contributed by atoms with E-state index in [0.29, 0.717) is 25.0 Å². The molecule has 0 aliphatic heterocycles. The van der Waals surface area contributed by atoms with E-state index in [4.69, 9.17) is 9.84 Å². The largest absolute Gasteiger partial charge is 0.505 e. The van der Waals surface area contributed by atoms with E-state index in [1.165, 1.54) is 22.9 Å². The molecule has 0 bridgehead atoms. The maximum atomic E-state index is 13.3. The average Bonchev–Trinajstić information content (AvgIpc) is 2.82. The van der Waals surface area contributed by atoms with Gasteiger partial charge in [-0.2, -0.15) is 0 Å². The van der Waals surface area contributed by atoms with E-state index in [0.717, 1.165) is 5.56 Å². The van der Waals surface area contributed by atoms with Crippen LogP contribution >= 0.6 is 0 Å². The molecule has 0 spiro atoms. The second-order valence-electron chi connectivity index (χ2n) is 8.46. The van der Waals surface area contributed by atoms with Crippen LogP contribution in [0.3, 0.4) is 0 Å². The smallest absolute Gasteiger partial charge is 0.404 e. The molecule has 0 radical (unpaired) electrons. The number of hydrogen-bond donors (Lipinski definition) is 4. The Morgan fingerprint density at radius 1 is 1.14 bits per heavy atom. The minimum absolute atomic E-state index is 0.0288. The number of aromatic nitrogens is 2. The van der Waals surface area contributed by atoms with Crippen molar-refractivity contribution in [2.45, 2.75) is 39.3 Å². The maximum Gasteiger partial charge on any atom is 0.404 e. The second-order valence-corrected chi connectivity index (χ2v) is 8.46. The number of carbonyl (C=O) groups excluding carboxylic acids is 1. The third kappa shape index (κ3) is 6.79. The van der Waals surface area contributed by atoms with E-state index in [1.54, 1.807) is 18.2 Å². The van der Waals surface area contributed by atoms with E-state index >= 15 is 0 Å². The summed E-state index contributed by atoms with van der Waals surface area (Å²) >= 11 is 0. The molecule has 0 aliphatic rings. The number of aromatic hydroxyl groups is 1. The van der Waals surface area contributed by atoms with E-state index in [-0.39, 0.29) is 42.6 Å². The molecule has 0 saturated carbocycles. The lowest BCUT2D eigenvalue weighted by Gasteiger charge is -2.15. The first-order chi connectivity index (χ1) is 17.2. The molecular weight excluding hydrogens is 471 g/mol. The summed E-state index contributed by atoms with van der Waals surface area (Å²) in [7, 11) is 0. The van der Waals surface area contributed by atoms with Gasteiger partial charge < -0.3 is 30.2 Å². The number of nitrogens with one attached hydrogen (secondary N) is 2. The molecule has 192 valence electrons. The number of nitrogens with zero attached hydrogens (tertiary/aromatic N) is 2. The highest BCUT2D eigenvalue weighted by Gasteiger charge is 2.23. The second kappa shape index (κ2) is 12.1. The zero-order valence-corrected chi connectivity index (χ0v) is 20.1. The predicted octanol–water partition coefficient (Wildman–Crippen LogP) is 2.64. The third-order valence-electron chi connectivity index (χ3n) is 5.35. The van der Waals surface area contributed by atoms with Crippen LogP contribution in [0.2, 0.25) is 0 Å². The first kappa shape index (κ1) is 26.6. The van der Waals surface area contributed by atoms with Crippen molar-refractivity contribution in [2.75, 3.05) is 19.7 Å². The number of hydrogen-bond acceptors (Lipinski definition) is 6. The van der Waals surface area contributed by atoms with Crippen LogP contribution in [-0.2, 0) is 17.7 Å². The molecule has 36 heavy (non-hydrogen) atoms. The summed E-state index contributed by atoms with van der Waals surface area (Å²) in [6.07, 6.45) is 1.19. The Morgan fingerprint density at radius 3 is 2.53 bits per heavy atom. The van der Waals surface area contributed by atoms with Crippen molar-refractivity contribution in [1.29, 1.82) is 0 Å². The first-order valence-corrected chi connectivity index (χ1v) is 11.5. The standard InChI is InChI=1S/C25H29FN4O6/c1-15(2)36-11-3-8-27-23(32)20-22(31)21-19(30(24(20)33)10-9-28-25(34)35)13-17(14-29-21)12-16-4-6-18(26)7-5-16/h4-7,13-15,28,31H,3,8-12H2,1-2H3,(H,27,32)(H,34,35). The van der Waals surface area contributed by atoms with Crippen LogP contribution in [0.25, 0.3) is 11.0 Å². The number of benzene rings is 1. The Kier molecular flexibility index (Phi) is 8.96. The molecule has 2 amide bonds. The van der Waals surface area contributed by atoms with Gasteiger partial charge in [-0.1, -0.05) is 12.1 Å². The number of ether oxygens (including phenoxy) is 1. The van der Waals surface area contributed by atoms with Crippen LogP contribution in [0.4, 0.5) is 9.18 Å². The van der Waals surface area contributed by atoms with Gasteiger partial charge in [-0.05, 0) is 56.0 Å². The number of carboxylic acid groups (broad SMARTS) is 1. The molecule has 2 heterocycles. The molecule has 0 aliphatic carbocycles. The Balaban J connectivity index is 1.95. The molecule has 3 aromatic rings. The predicted molar refractivity (Wildman–Crippen MR) is 131 cm³/mol. The van der Waals surface area contributed by atoms with Gasteiger partial charge >= 0.3 is 6.09 Å². The molecule has 2 aromatic heterocycles. The monoisotopic (exact) mass is 500 g/mol. The topological polar surface area (TPSA) is 143 Å². The Hall–Kier alpha value is -3.99. The van der Waals surface area contributed by atoms with Crippen molar-refractivity contribution >= 4 is 23.0 Å². The minimum atomic E-state index is -1.26. The highest BCUT2D eigenvalue weighted by Crippen LogP contribution is 2.26. The first-order valence-electron chi connectivity index (χ1n) is 11.5. The van der Waals surface area contributed by atoms with E-state index in [1.807, 2.05) is 13.8 Å². The summed E-state index contributed by atoms with van der Waals surface area (Å²) in [5, 5.41) is 24.5. The molecule has 0 saturated heterocycles. The van der Waals surface area contributed by atoms with Gasteiger partial charge in [-0.3, -0.25) is 14.6 Å². The molecule has 11 heteroatoms. The van der Waals surface area contributed by atoms with E-state index in [2.05, 4.69) is 15.6 Å². The highest BCUT2D eigenvalue weighted by molar-refractivity contribution is 6.01. The van der Waals surface area contributed by atoms with Gasteiger partial charge in [0.2, 0.25) is 0 Å². The lowest BCUT2D eigenvalue weighted by Crippen LogP contribution is -2.36. The van der Waals surface area contributed by atoms with Crippen LogP contribution < -0.4 is 16.2 Å². The zero-order chi connectivity index (χ0) is 26.2. The average molecular weight is 501 g/mol. The van der Waals surface area contributed by atoms with Crippen molar-refractivity contribution in [3.63, 3.8) is 0 Å². The molecule has 3 rings (SSSR count). The van der Waals surface area contributed by atoms with Gasteiger partial charge in [0.15, 0.2) is 5.75 Å². The minimum Gasteiger partial charge on any atom is -0.505 e. The zero-order valence-electron chi connectivity index (χ0n) is 20.1. The molecule has 0 fully saturated rings. The van der Waals surface area contributed by atoms with Crippen molar-refractivity contribution < 1.29 is 28.9 Å². The summed E-state index contributed by atoms with van der Waals surface area (Å²) in [5.41, 5.74) is 0.508. The molecule has 0 atom stereocenters. The fourth-order valence-electron chi connectivity index (χ4n) is 3.66. The van der Waals surface area contributed by atoms with Crippen molar-refractivity contribution in [3.05, 3.63) is 69.4 Å². The SMILES string of the molecule is CC(C)OCCCNC(=O)c1c(O)c2ncc(Cc3ccc(F)cc3)cc2n(CCNC(=O)O)c1=O. The molecule has 4 N–H and O–H groups in total. The Morgan fingerprint density at radius 2 is 1.86 bits per heavy atom. The maximum absolute atomic E-state index is 13.3. The molecule has 0 unspecified atom stereocenters. The van der Waals surface area contributed by atoms with Gasteiger partial charge in [-0.15, -0.1) is 0 Å². The molecule has 10 nitrogen and oxygen atoms in total. The summed E-state index contributed by atoms with van der Waals surface area (Å²) in [4.78, 5) is 41.3. The third-order valence-corrected chi connectivity index (χ3v) is 5.35. The fourth-order valence-corrected chi connectivity index (χ4v) is 3.66. The lowest BCUT2D eigenvalue weighted by atomic mass is 10.1. The van der Waals surface area contributed by atoms with Gasteiger partial charge in [0.1, 0.15) is 16.9 Å². The van der Waals surface area contributed by atoms with Crippen LogP contribution in [0.5, 0.6) is 5.75 Å². The normalized spacial score (nSPS) is 11.1. The number of rotatable bonds is 11. The van der Waals surface area contributed by atoms with Crippen LogP contribution in [0, 0.1) is 5.82 Å². The Labute approximate surface area is 206 Å².